The highest BCUT2D eigenvalue weighted by atomic mass is 16.3. The number of hydrogen-bond donors (Lipinski definition) is 2. The van der Waals surface area contributed by atoms with Crippen LogP contribution in [0.15, 0.2) is 59.0 Å². The first kappa shape index (κ1) is 16.1. The maximum Gasteiger partial charge on any atom is 0.253 e. The Morgan fingerprint density at radius 2 is 1.85 bits per heavy atom. The molecule has 1 fully saturated rings. The molecule has 1 aliphatic rings. The average molecular weight is 347 g/mol. The predicted octanol–water partition coefficient (Wildman–Crippen LogP) is 3.37. The lowest BCUT2D eigenvalue weighted by molar-refractivity contribution is -0.111. The quantitative estimate of drug-likeness (QED) is 0.693. The zero-order chi connectivity index (χ0) is 17.9. The lowest BCUT2D eigenvalue weighted by Crippen LogP contribution is -2.26. The molecule has 0 unspecified atom stereocenters. The van der Waals surface area contributed by atoms with E-state index in [2.05, 4.69) is 15.6 Å². The molecular formula is C20H17N3O3. The van der Waals surface area contributed by atoms with Gasteiger partial charge >= 0.3 is 0 Å². The molecule has 6 nitrogen and oxygen atoms in total. The van der Waals surface area contributed by atoms with Crippen LogP contribution in [0.4, 0.5) is 5.69 Å². The molecule has 26 heavy (non-hydrogen) atoms. The van der Waals surface area contributed by atoms with Gasteiger partial charge in [-0.1, -0.05) is 24.3 Å². The van der Waals surface area contributed by atoms with E-state index in [0.717, 1.165) is 18.4 Å². The Kier molecular flexibility index (Phi) is 4.23. The number of amides is 2. The van der Waals surface area contributed by atoms with Crippen molar-refractivity contribution < 1.29 is 14.0 Å². The maximum atomic E-state index is 12.3. The SMILES string of the molecule is O=C(/C=C/c1nc2ccccc2o1)Nc1ccccc1C(=O)NC1CC1. The van der Waals surface area contributed by atoms with Crippen LogP contribution in [-0.2, 0) is 4.79 Å². The Morgan fingerprint density at radius 1 is 1.08 bits per heavy atom. The second kappa shape index (κ2) is 6.84. The lowest BCUT2D eigenvalue weighted by Gasteiger charge is -2.09. The van der Waals surface area contributed by atoms with Crippen molar-refractivity contribution in [1.82, 2.24) is 10.3 Å². The largest absolute Gasteiger partial charge is 0.437 e. The molecule has 2 aromatic carbocycles. The standard InChI is InChI=1S/C20H17N3O3/c24-18(11-12-19-23-16-7-3-4-8-17(16)26-19)22-15-6-2-1-5-14(15)20(25)21-13-9-10-13/h1-8,11-13H,9-10H2,(H,21,25)(H,22,24)/b12-11+. The second-order valence-electron chi connectivity index (χ2n) is 6.14. The highest BCUT2D eigenvalue weighted by molar-refractivity contribution is 6.07. The summed E-state index contributed by atoms with van der Waals surface area (Å²) in [6.07, 6.45) is 4.85. The van der Waals surface area contributed by atoms with E-state index in [0.29, 0.717) is 22.7 Å². The summed E-state index contributed by atoms with van der Waals surface area (Å²) in [7, 11) is 0. The molecule has 6 heteroatoms. The monoisotopic (exact) mass is 347 g/mol. The van der Waals surface area contributed by atoms with Gasteiger partial charge < -0.3 is 15.1 Å². The summed E-state index contributed by atoms with van der Waals surface area (Å²) in [5.41, 5.74) is 2.31. The molecule has 0 radical (unpaired) electrons. The number of para-hydroxylation sites is 3. The van der Waals surface area contributed by atoms with Gasteiger partial charge in [-0.05, 0) is 37.1 Å². The van der Waals surface area contributed by atoms with Crippen LogP contribution in [0.2, 0.25) is 0 Å². The molecule has 1 heterocycles. The van der Waals surface area contributed by atoms with Gasteiger partial charge in [-0.3, -0.25) is 9.59 Å². The van der Waals surface area contributed by atoms with Crippen molar-refractivity contribution >= 4 is 34.7 Å². The smallest absolute Gasteiger partial charge is 0.253 e. The summed E-state index contributed by atoms with van der Waals surface area (Å²) < 4.78 is 5.54. The van der Waals surface area contributed by atoms with Gasteiger partial charge in [0, 0.05) is 18.2 Å². The molecule has 3 aromatic rings. The summed E-state index contributed by atoms with van der Waals surface area (Å²) in [6.45, 7) is 0. The van der Waals surface area contributed by atoms with E-state index < -0.39 is 0 Å². The van der Waals surface area contributed by atoms with E-state index in [1.54, 1.807) is 24.3 Å². The number of anilines is 1. The number of fused-ring (bicyclic) bond motifs is 1. The first-order valence-electron chi connectivity index (χ1n) is 8.43. The van der Waals surface area contributed by atoms with Gasteiger partial charge in [-0.15, -0.1) is 0 Å². The molecule has 0 aliphatic heterocycles. The van der Waals surface area contributed by atoms with Crippen molar-refractivity contribution in [2.24, 2.45) is 0 Å². The second-order valence-corrected chi connectivity index (χ2v) is 6.14. The van der Waals surface area contributed by atoms with Gasteiger partial charge in [0.1, 0.15) is 5.52 Å². The summed E-state index contributed by atoms with van der Waals surface area (Å²) in [5, 5.41) is 5.66. The number of nitrogens with zero attached hydrogens (tertiary/aromatic N) is 1. The fourth-order valence-electron chi connectivity index (χ4n) is 2.56. The number of hydrogen-bond acceptors (Lipinski definition) is 4. The van der Waals surface area contributed by atoms with E-state index in [1.807, 2.05) is 24.3 Å². The van der Waals surface area contributed by atoms with E-state index in [9.17, 15) is 9.59 Å². The van der Waals surface area contributed by atoms with Crippen LogP contribution in [0.5, 0.6) is 0 Å². The average Bonchev–Trinajstić information content (AvgIpc) is 3.35. The number of carbonyl (C=O) groups is 2. The third-order valence-electron chi connectivity index (χ3n) is 4.03. The number of carbonyl (C=O) groups excluding carboxylic acids is 2. The molecule has 0 atom stereocenters. The molecule has 0 bridgehead atoms. The van der Waals surface area contributed by atoms with Gasteiger partial charge in [0.25, 0.3) is 5.91 Å². The van der Waals surface area contributed by atoms with Gasteiger partial charge in [0.05, 0.1) is 11.3 Å². The lowest BCUT2D eigenvalue weighted by atomic mass is 10.1. The Balaban J connectivity index is 1.46. The van der Waals surface area contributed by atoms with Crippen LogP contribution in [0.1, 0.15) is 29.1 Å². The minimum Gasteiger partial charge on any atom is -0.437 e. The van der Waals surface area contributed by atoms with Crippen molar-refractivity contribution in [3.05, 3.63) is 66.1 Å². The number of benzene rings is 2. The van der Waals surface area contributed by atoms with E-state index in [-0.39, 0.29) is 17.9 Å². The van der Waals surface area contributed by atoms with Crippen LogP contribution < -0.4 is 10.6 Å². The predicted molar refractivity (Wildman–Crippen MR) is 98.6 cm³/mol. The van der Waals surface area contributed by atoms with Crippen molar-refractivity contribution in [1.29, 1.82) is 0 Å². The topological polar surface area (TPSA) is 84.2 Å². The van der Waals surface area contributed by atoms with Crippen molar-refractivity contribution in [3.63, 3.8) is 0 Å². The first-order chi connectivity index (χ1) is 12.7. The normalized spacial score (nSPS) is 13.8. The van der Waals surface area contributed by atoms with E-state index >= 15 is 0 Å². The summed E-state index contributed by atoms with van der Waals surface area (Å²) in [6, 6.07) is 14.6. The zero-order valence-electron chi connectivity index (χ0n) is 13.9. The Morgan fingerprint density at radius 3 is 2.65 bits per heavy atom. The van der Waals surface area contributed by atoms with E-state index in [4.69, 9.17) is 4.42 Å². The molecule has 2 N–H and O–H groups in total. The van der Waals surface area contributed by atoms with Gasteiger partial charge in [0.2, 0.25) is 11.8 Å². The van der Waals surface area contributed by atoms with Crippen LogP contribution in [0, 0.1) is 0 Å². The number of rotatable bonds is 5. The fraction of sp³-hybridized carbons (Fsp3) is 0.150. The van der Waals surface area contributed by atoms with Crippen molar-refractivity contribution in [2.75, 3.05) is 5.32 Å². The van der Waals surface area contributed by atoms with Crippen LogP contribution >= 0.6 is 0 Å². The third-order valence-corrected chi connectivity index (χ3v) is 4.03. The Hall–Kier alpha value is -3.41. The molecule has 0 saturated heterocycles. The fourth-order valence-corrected chi connectivity index (χ4v) is 2.56. The molecule has 1 aromatic heterocycles. The minimum absolute atomic E-state index is 0.175. The molecule has 2 amide bonds. The van der Waals surface area contributed by atoms with Gasteiger partial charge in [-0.2, -0.15) is 0 Å². The molecule has 1 saturated carbocycles. The number of oxazole rings is 1. The van der Waals surface area contributed by atoms with Crippen molar-refractivity contribution in [3.8, 4) is 0 Å². The molecule has 1 aliphatic carbocycles. The minimum atomic E-state index is -0.362. The number of nitrogens with one attached hydrogen (secondary N) is 2. The van der Waals surface area contributed by atoms with Crippen LogP contribution in [0.25, 0.3) is 17.2 Å². The maximum absolute atomic E-state index is 12.3. The summed E-state index contributed by atoms with van der Waals surface area (Å²) in [5.74, 6) is -0.189. The summed E-state index contributed by atoms with van der Waals surface area (Å²) in [4.78, 5) is 28.8. The highest BCUT2D eigenvalue weighted by Crippen LogP contribution is 2.21. The first-order valence-corrected chi connectivity index (χ1v) is 8.43. The van der Waals surface area contributed by atoms with Gasteiger partial charge in [-0.25, -0.2) is 4.98 Å². The van der Waals surface area contributed by atoms with Crippen molar-refractivity contribution in [2.45, 2.75) is 18.9 Å². The van der Waals surface area contributed by atoms with Crippen LogP contribution in [-0.4, -0.2) is 22.8 Å². The molecule has 130 valence electrons. The molecule has 0 spiro atoms. The molecular weight excluding hydrogens is 330 g/mol. The Labute approximate surface area is 149 Å². The Bertz CT molecular complexity index is 969. The highest BCUT2D eigenvalue weighted by Gasteiger charge is 2.24. The van der Waals surface area contributed by atoms with Gasteiger partial charge in [0.15, 0.2) is 5.58 Å². The van der Waals surface area contributed by atoms with E-state index in [1.165, 1.54) is 12.2 Å². The number of aromatic nitrogens is 1. The summed E-state index contributed by atoms with van der Waals surface area (Å²) >= 11 is 0. The third kappa shape index (κ3) is 3.64. The van der Waals surface area contributed by atoms with Crippen LogP contribution in [0.3, 0.4) is 0 Å². The zero-order valence-corrected chi connectivity index (χ0v) is 13.9. The molecule has 4 rings (SSSR count).